The van der Waals surface area contributed by atoms with Gasteiger partial charge in [-0.15, -0.1) is 0 Å². The predicted octanol–water partition coefficient (Wildman–Crippen LogP) is 3.30. The molecule has 2 amide bonds. The average Bonchev–Trinajstić information content (AvgIpc) is 3.11. The highest BCUT2D eigenvalue weighted by Gasteiger charge is 2.50. The van der Waals surface area contributed by atoms with E-state index >= 15 is 4.39 Å². The fourth-order valence-electron chi connectivity index (χ4n) is 3.53. The number of alkyl halides is 3. The Balaban J connectivity index is 1.69. The highest BCUT2D eigenvalue weighted by Crippen LogP contribution is 2.40. The Kier molecular flexibility index (Phi) is 6.25. The molecular formula is C18H21F4N5O3S. The molecule has 3 heterocycles. The Morgan fingerprint density at radius 3 is 2.48 bits per heavy atom. The smallest absolute Gasteiger partial charge is 0.321 e. The lowest BCUT2D eigenvalue weighted by atomic mass is 9.92. The number of aromatic nitrogens is 3. The van der Waals surface area contributed by atoms with Gasteiger partial charge in [0.2, 0.25) is 20.8 Å². The average molecular weight is 463 g/mol. The van der Waals surface area contributed by atoms with Crippen LogP contribution in [-0.4, -0.2) is 52.2 Å². The summed E-state index contributed by atoms with van der Waals surface area (Å²) in [6.07, 6.45) is -1.74. The number of hydrogen-bond donors (Lipinski definition) is 1. The zero-order chi connectivity index (χ0) is 23.0. The first-order valence-electron chi connectivity index (χ1n) is 9.36. The van der Waals surface area contributed by atoms with Crippen LogP contribution >= 0.6 is 0 Å². The van der Waals surface area contributed by atoms with Crippen molar-refractivity contribution in [2.75, 3.05) is 18.4 Å². The third kappa shape index (κ3) is 4.50. The number of pyridine rings is 1. The van der Waals surface area contributed by atoms with Gasteiger partial charge in [0, 0.05) is 50.1 Å². The van der Waals surface area contributed by atoms with Crippen molar-refractivity contribution in [2.24, 2.45) is 13.0 Å². The number of carbonyl (C=O) groups excluding carboxylic acids is 1. The van der Waals surface area contributed by atoms with Crippen molar-refractivity contribution in [3.05, 3.63) is 36.0 Å². The maximum atomic E-state index is 15.6. The molecule has 0 aliphatic carbocycles. The summed E-state index contributed by atoms with van der Waals surface area (Å²) in [6, 6.07) is 2.58. The summed E-state index contributed by atoms with van der Waals surface area (Å²) in [4.78, 5) is 17.1. The summed E-state index contributed by atoms with van der Waals surface area (Å²) in [5, 5.41) is 2.56. The van der Waals surface area contributed by atoms with Crippen LogP contribution in [0.1, 0.15) is 31.9 Å². The number of hydrogen-bond acceptors (Lipinski definition) is 5. The van der Waals surface area contributed by atoms with Crippen LogP contribution in [0.4, 0.5) is 28.0 Å². The fraction of sp³-hybridized carbons (Fsp3) is 0.500. The molecule has 2 aromatic heterocycles. The Labute approximate surface area is 176 Å². The van der Waals surface area contributed by atoms with Gasteiger partial charge in [-0.05, 0) is 25.8 Å². The summed E-state index contributed by atoms with van der Waals surface area (Å²) >= 11 is 0. The van der Waals surface area contributed by atoms with Crippen LogP contribution in [0.2, 0.25) is 0 Å². The third-order valence-electron chi connectivity index (χ3n) is 5.37. The van der Waals surface area contributed by atoms with Crippen molar-refractivity contribution in [2.45, 2.75) is 36.2 Å². The van der Waals surface area contributed by atoms with Crippen molar-refractivity contribution in [1.29, 1.82) is 0 Å². The van der Waals surface area contributed by atoms with E-state index in [0.717, 1.165) is 24.7 Å². The van der Waals surface area contributed by atoms with Gasteiger partial charge < -0.3 is 10.2 Å². The van der Waals surface area contributed by atoms with Crippen LogP contribution in [-0.2, 0) is 16.9 Å². The van der Waals surface area contributed by atoms with Crippen molar-refractivity contribution >= 4 is 21.6 Å². The van der Waals surface area contributed by atoms with Gasteiger partial charge in [0.15, 0.2) is 5.03 Å². The second-order valence-electron chi connectivity index (χ2n) is 7.38. The molecule has 0 radical (unpaired) electrons. The number of sulfone groups is 1. The number of nitrogens with zero attached hydrogens (tertiary/aromatic N) is 4. The molecule has 13 heteroatoms. The largest absolute Gasteiger partial charge is 0.325 e. The number of aryl methyl sites for hydroxylation is 1. The van der Waals surface area contributed by atoms with E-state index in [0.29, 0.717) is 6.07 Å². The molecule has 1 unspecified atom stereocenters. The van der Waals surface area contributed by atoms with E-state index < -0.39 is 49.9 Å². The minimum absolute atomic E-state index is 0.0317. The van der Waals surface area contributed by atoms with E-state index in [1.54, 1.807) is 0 Å². The first-order valence-corrected chi connectivity index (χ1v) is 10.8. The number of amides is 2. The normalized spacial score (nSPS) is 17.6. The molecule has 1 saturated heterocycles. The van der Waals surface area contributed by atoms with Gasteiger partial charge in [-0.3, -0.25) is 4.68 Å². The molecule has 2 aromatic rings. The molecule has 1 N–H and O–H groups in total. The molecule has 1 aliphatic heterocycles. The lowest BCUT2D eigenvalue weighted by Gasteiger charge is -2.37. The quantitative estimate of drug-likeness (QED) is 0.542. The SMILES string of the molecule is Cn1nc(C(F)F)cc1S(=O)(=O)C(C)(F)C1CCN(C(=O)Nc2ccnc(F)c2)CC1. The van der Waals surface area contributed by atoms with Gasteiger partial charge in [0.1, 0.15) is 5.69 Å². The predicted molar refractivity (Wildman–Crippen MR) is 102 cm³/mol. The molecule has 170 valence electrons. The van der Waals surface area contributed by atoms with Crippen molar-refractivity contribution in [1.82, 2.24) is 19.7 Å². The second kappa shape index (κ2) is 8.44. The highest BCUT2D eigenvalue weighted by atomic mass is 32.2. The van der Waals surface area contributed by atoms with E-state index in [4.69, 9.17) is 0 Å². The van der Waals surface area contributed by atoms with Crippen LogP contribution < -0.4 is 5.32 Å². The maximum Gasteiger partial charge on any atom is 0.321 e. The number of rotatable bonds is 5. The molecule has 1 aliphatic rings. The van der Waals surface area contributed by atoms with Crippen LogP contribution in [0.25, 0.3) is 0 Å². The Hall–Kier alpha value is -2.70. The minimum Gasteiger partial charge on any atom is -0.325 e. The van der Waals surface area contributed by atoms with Gasteiger partial charge in [-0.25, -0.2) is 31.4 Å². The van der Waals surface area contributed by atoms with Gasteiger partial charge in [-0.1, -0.05) is 0 Å². The van der Waals surface area contributed by atoms with E-state index in [1.807, 2.05) is 0 Å². The summed E-state index contributed by atoms with van der Waals surface area (Å²) < 4.78 is 80.9. The standard InChI is InChI=1S/C18H21F4N5O3S/c1-18(22,31(29,30)15-10-13(16(20)21)25-26(15)2)11-4-7-27(8-5-11)17(28)24-12-3-6-23-14(19)9-12/h3,6,9-11,16H,4-5,7-8H2,1-2H3,(H,23,24,28). The summed E-state index contributed by atoms with van der Waals surface area (Å²) in [5.41, 5.74) is -0.556. The number of nitrogens with one attached hydrogen (secondary N) is 1. The molecule has 1 atom stereocenters. The van der Waals surface area contributed by atoms with Crippen LogP contribution in [0.3, 0.4) is 0 Å². The van der Waals surface area contributed by atoms with Gasteiger partial charge in [0.25, 0.3) is 6.43 Å². The zero-order valence-corrected chi connectivity index (χ0v) is 17.5. The van der Waals surface area contributed by atoms with Crippen LogP contribution in [0.15, 0.2) is 29.4 Å². The Morgan fingerprint density at radius 2 is 1.94 bits per heavy atom. The number of piperidine rings is 1. The number of carbonyl (C=O) groups is 1. The van der Waals surface area contributed by atoms with E-state index in [1.165, 1.54) is 17.2 Å². The summed E-state index contributed by atoms with van der Waals surface area (Å²) in [6.45, 7) is 1.02. The minimum atomic E-state index is -4.64. The van der Waals surface area contributed by atoms with Gasteiger partial charge >= 0.3 is 6.03 Å². The van der Waals surface area contributed by atoms with Crippen molar-refractivity contribution in [3.8, 4) is 0 Å². The first kappa shape index (κ1) is 23.0. The molecule has 1 fully saturated rings. The van der Waals surface area contributed by atoms with E-state index in [-0.39, 0.29) is 31.6 Å². The summed E-state index contributed by atoms with van der Waals surface area (Å²) in [5.74, 6) is -1.73. The van der Waals surface area contributed by atoms with Crippen LogP contribution in [0.5, 0.6) is 0 Å². The number of anilines is 1. The Bertz CT molecular complexity index is 1070. The molecule has 31 heavy (non-hydrogen) atoms. The van der Waals surface area contributed by atoms with Gasteiger partial charge in [0.05, 0.1) is 0 Å². The first-order chi connectivity index (χ1) is 14.4. The molecule has 0 spiro atoms. The molecule has 3 rings (SSSR count). The number of urea groups is 1. The molecule has 0 saturated carbocycles. The van der Waals surface area contributed by atoms with E-state index in [2.05, 4.69) is 15.4 Å². The lowest BCUT2D eigenvalue weighted by Crippen LogP contribution is -2.48. The van der Waals surface area contributed by atoms with E-state index in [9.17, 15) is 26.4 Å². The Morgan fingerprint density at radius 1 is 1.29 bits per heavy atom. The van der Waals surface area contributed by atoms with Crippen LogP contribution in [0, 0.1) is 11.9 Å². The molecule has 0 aromatic carbocycles. The maximum absolute atomic E-state index is 15.6. The number of halogens is 4. The molecule has 0 bridgehead atoms. The van der Waals surface area contributed by atoms with Gasteiger partial charge in [-0.2, -0.15) is 9.49 Å². The van der Waals surface area contributed by atoms with Crippen molar-refractivity contribution in [3.63, 3.8) is 0 Å². The third-order valence-corrected chi connectivity index (χ3v) is 7.69. The summed E-state index contributed by atoms with van der Waals surface area (Å²) in [7, 11) is -3.48. The highest BCUT2D eigenvalue weighted by molar-refractivity contribution is 7.92. The second-order valence-corrected chi connectivity index (χ2v) is 9.60. The monoisotopic (exact) mass is 463 g/mol. The number of likely N-dealkylation sites (tertiary alicyclic amines) is 1. The lowest BCUT2D eigenvalue weighted by molar-refractivity contribution is 0.117. The fourth-order valence-corrected chi connectivity index (χ4v) is 5.28. The molecule has 8 nitrogen and oxygen atoms in total. The molecular weight excluding hydrogens is 442 g/mol. The zero-order valence-electron chi connectivity index (χ0n) is 16.7. The topological polar surface area (TPSA) is 97.2 Å². The van der Waals surface area contributed by atoms with Crippen molar-refractivity contribution < 1.29 is 30.8 Å².